The highest BCUT2D eigenvalue weighted by atomic mass is 32.2. The molecule has 0 N–H and O–H groups in total. The van der Waals surface area contributed by atoms with Crippen LogP contribution in [0.25, 0.3) is 11.0 Å². The number of carbonyl (C=O) groups excluding carboxylic acids is 1. The Hall–Kier alpha value is -3.30. The number of cyclic esters (lactones) is 1. The number of hydrogen-bond donors (Lipinski definition) is 0. The average molecular weight is 592 g/mol. The predicted octanol–water partition coefficient (Wildman–Crippen LogP) is 3.67. The van der Waals surface area contributed by atoms with Gasteiger partial charge < -0.3 is 28.4 Å². The van der Waals surface area contributed by atoms with Crippen molar-refractivity contribution in [2.45, 2.75) is 50.3 Å². The summed E-state index contributed by atoms with van der Waals surface area (Å²) in [5, 5.41) is 4.22. The van der Waals surface area contributed by atoms with E-state index < -0.39 is 41.0 Å². The van der Waals surface area contributed by atoms with Crippen molar-refractivity contribution in [1.82, 2.24) is 5.16 Å². The first-order valence-electron chi connectivity index (χ1n) is 13.3. The lowest BCUT2D eigenvalue weighted by atomic mass is 10.0. The molecule has 1 amide bonds. The number of aromatic nitrogens is 1. The summed E-state index contributed by atoms with van der Waals surface area (Å²) >= 11 is 0. The molecule has 3 fully saturated rings. The third-order valence-corrected chi connectivity index (χ3v) is 8.45. The van der Waals surface area contributed by atoms with Gasteiger partial charge in [0.15, 0.2) is 17.9 Å². The summed E-state index contributed by atoms with van der Waals surface area (Å²) in [6, 6.07) is 7.85. The highest BCUT2D eigenvalue weighted by molar-refractivity contribution is 7.86. The summed E-state index contributed by atoms with van der Waals surface area (Å²) < 4.78 is 74.6. The maximum atomic E-state index is 16.2. The first-order valence-corrected chi connectivity index (χ1v) is 14.7. The summed E-state index contributed by atoms with van der Waals surface area (Å²) in [6.07, 6.45) is -2.80. The van der Waals surface area contributed by atoms with Crippen LogP contribution in [-0.2, 0) is 33.2 Å². The lowest BCUT2D eigenvalue weighted by Gasteiger charge is -2.38. The van der Waals surface area contributed by atoms with Crippen molar-refractivity contribution in [3.05, 3.63) is 47.3 Å². The van der Waals surface area contributed by atoms with Gasteiger partial charge in [-0.15, -0.1) is 0 Å². The van der Waals surface area contributed by atoms with E-state index in [2.05, 4.69) is 5.16 Å². The molecule has 0 unspecified atom stereocenters. The van der Waals surface area contributed by atoms with Crippen molar-refractivity contribution >= 4 is 38.7 Å². The fourth-order valence-corrected chi connectivity index (χ4v) is 6.29. The summed E-state index contributed by atoms with van der Waals surface area (Å²) in [4.78, 5) is 15.9. The van der Waals surface area contributed by atoms with Gasteiger partial charge in [0.25, 0.3) is 10.1 Å². The van der Waals surface area contributed by atoms with Crippen molar-refractivity contribution in [2.75, 3.05) is 49.3 Å². The zero-order chi connectivity index (χ0) is 28.9. The summed E-state index contributed by atoms with van der Waals surface area (Å²) in [5.41, 5.74) is 1.47. The fourth-order valence-electron chi connectivity index (χ4n) is 5.35. The molecule has 3 saturated heterocycles. The molecule has 14 heteroatoms. The normalized spacial score (nSPS) is 24.0. The van der Waals surface area contributed by atoms with Crippen LogP contribution in [0.15, 0.2) is 39.8 Å². The second-order valence-corrected chi connectivity index (χ2v) is 12.0. The fraction of sp³-hybridized carbons (Fsp3) is 0.481. The second kappa shape index (κ2) is 10.8. The van der Waals surface area contributed by atoms with Crippen LogP contribution in [0.5, 0.6) is 0 Å². The Morgan fingerprint density at radius 1 is 1.07 bits per heavy atom. The van der Waals surface area contributed by atoms with Crippen molar-refractivity contribution in [3.8, 4) is 0 Å². The van der Waals surface area contributed by atoms with Crippen molar-refractivity contribution < 1.29 is 45.3 Å². The van der Waals surface area contributed by atoms with E-state index in [0.717, 1.165) is 10.5 Å². The minimum atomic E-state index is -4.07. The van der Waals surface area contributed by atoms with Crippen molar-refractivity contribution in [1.29, 1.82) is 0 Å². The second-order valence-electron chi connectivity index (χ2n) is 10.4. The van der Waals surface area contributed by atoms with Gasteiger partial charge >= 0.3 is 6.09 Å². The summed E-state index contributed by atoms with van der Waals surface area (Å²) in [7, 11) is -4.07. The first-order chi connectivity index (χ1) is 19.6. The van der Waals surface area contributed by atoms with E-state index in [1.165, 1.54) is 12.1 Å². The van der Waals surface area contributed by atoms with E-state index in [1.54, 1.807) is 18.2 Å². The molecule has 41 heavy (non-hydrogen) atoms. The van der Waals surface area contributed by atoms with E-state index in [1.807, 2.05) is 25.7 Å². The molecule has 0 bridgehead atoms. The Labute approximate surface area is 235 Å². The van der Waals surface area contributed by atoms with Crippen LogP contribution in [0.4, 0.5) is 20.7 Å². The Morgan fingerprint density at radius 2 is 1.76 bits per heavy atom. The third-order valence-electron chi connectivity index (χ3n) is 7.15. The van der Waals surface area contributed by atoms with Gasteiger partial charge in [-0.25, -0.2) is 9.18 Å². The van der Waals surface area contributed by atoms with Gasteiger partial charge in [-0.2, -0.15) is 8.42 Å². The molecule has 4 heterocycles. The maximum absolute atomic E-state index is 16.2. The van der Waals surface area contributed by atoms with Gasteiger partial charge in [-0.3, -0.25) is 9.08 Å². The van der Waals surface area contributed by atoms with E-state index in [9.17, 15) is 13.2 Å². The number of morpholine rings is 1. The molecule has 3 aliphatic heterocycles. The number of rotatable bonds is 7. The van der Waals surface area contributed by atoms with Crippen LogP contribution in [0.1, 0.15) is 31.3 Å². The van der Waals surface area contributed by atoms with Crippen LogP contribution < -0.4 is 9.80 Å². The zero-order valence-corrected chi connectivity index (χ0v) is 23.6. The van der Waals surface area contributed by atoms with Gasteiger partial charge in [-0.05, 0) is 39.0 Å². The molecule has 0 spiro atoms. The number of anilines is 2. The highest BCUT2D eigenvalue weighted by Gasteiger charge is 2.39. The quantitative estimate of drug-likeness (QED) is 0.373. The number of nitrogens with zero attached hydrogens (tertiary/aromatic N) is 3. The summed E-state index contributed by atoms with van der Waals surface area (Å²) in [5.74, 6) is -0.629. The van der Waals surface area contributed by atoms with Crippen molar-refractivity contribution in [3.63, 3.8) is 0 Å². The van der Waals surface area contributed by atoms with Crippen LogP contribution >= 0.6 is 0 Å². The molecule has 0 aliphatic carbocycles. The molecule has 12 nitrogen and oxygen atoms in total. The zero-order valence-electron chi connectivity index (χ0n) is 22.7. The number of carbonyl (C=O) groups is 1. The highest BCUT2D eigenvalue weighted by Crippen LogP contribution is 2.42. The largest absolute Gasteiger partial charge is 0.441 e. The van der Waals surface area contributed by atoms with E-state index in [-0.39, 0.29) is 46.1 Å². The lowest BCUT2D eigenvalue weighted by Crippen LogP contribution is -2.46. The Morgan fingerprint density at radius 3 is 2.44 bits per heavy atom. The molecule has 0 saturated carbocycles. The van der Waals surface area contributed by atoms with Crippen LogP contribution in [0.3, 0.4) is 0 Å². The Kier molecular flexibility index (Phi) is 7.36. The number of ether oxygens (including phenoxy) is 4. The number of amides is 1. The molecular formula is C27H30FN3O9S. The van der Waals surface area contributed by atoms with Gasteiger partial charge in [0.2, 0.25) is 5.58 Å². The van der Waals surface area contributed by atoms with Gasteiger partial charge in [0.1, 0.15) is 12.7 Å². The van der Waals surface area contributed by atoms with Crippen LogP contribution in [0.2, 0.25) is 0 Å². The molecular weight excluding hydrogens is 561 g/mol. The molecule has 1 aromatic heterocycles. The maximum Gasteiger partial charge on any atom is 0.416 e. The van der Waals surface area contributed by atoms with Gasteiger partial charge in [-0.1, -0.05) is 22.9 Å². The number of halogens is 1. The molecule has 3 aromatic rings. The molecule has 3 atom stereocenters. The van der Waals surface area contributed by atoms with E-state index >= 15 is 4.39 Å². The molecule has 6 rings (SSSR count). The number of fused-ring (bicyclic) bond motifs is 1. The molecule has 3 aliphatic rings. The average Bonchev–Trinajstić information content (AvgIpc) is 3.67. The lowest BCUT2D eigenvalue weighted by molar-refractivity contribution is -0.0445. The molecule has 2 aromatic carbocycles. The number of hydrogen-bond acceptors (Lipinski definition) is 11. The number of benzene rings is 2. The van der Waals surface area contributed by atoms with Crippen LogP contribution in [0, 0.1) is 12.7 Å². The Bertz CT molecular complexity index is 1550. The third kappa shape index (κ3) is 5.37. The predicted molar refractivity (Wildman–Crippen MR) is 143 cm³/mol. The molecule has 220 valence electrons. The van der Waals surface area contributed by atoms with Crippen LogP contribution in [-0.4, -0.2) is 77.4 Å². The molecule has 0 radical (unpaired) electrons. The van der Waals surface area contributed by atoms with Gasteiger partial charge in [0.05, 0.1) is 47.9 Å². The van der Waals surface area contributed by atoms with E-state index in [4.69, 9.17) is 27.7 Å². The number of aryl methyl sites for hydroxylation is 1. The smallest absolute Gasteiger partial charge is 0.416 e. The Balaban J connectivity index is 1.28. The SMILES string of the molecule is Cc1ccc(S(=O)(=O)OC[C@H]2CN(c3noc4c(F)c(N5C[C@@H](C)O[C@H](C)C5)c(C5OCCO5)cc34)C(=O)O2)cc1. The van der Waals surface area contributed by atoms with Gasteiger partial charge in [0, 0.05) is 18.7 Å². The first kappa shape index (κ1) is 27.8. The van der Waals surface area contributed by atoms with E-state index in [0.29, 0.717) is 31.9 Å². The summed E-state index contributed by atoms with van der Waals surface area (Å²) in [6.45, 7) is 6.76. The minimum Gasteiger partial charge on any atom is -0.441 e. The standard InChI is InChI=1S/C27H30FN3O9S/c1-15-4-6-19(7-5-15)41(33,34)37-14-18-13-31(27(32)39-18)25-21-10-20(26-35-8-9-36-26)23(22(28)24(21)40-29-25)30-11-16(2)38-17(3)12-30/h4-7,10,16-18,26H,8-9,11-14H2,1-3H3/t16-,17-,18-/m1/s1. The minimum absolute atomic E-state index is 0.00834. The van der Waals surface area contributed by atoms with Crippen molar-refractivity contribution in [2.24, 2.45) is 0 Å². The monoisotopic (exact) mass is 591 g/mol. The topological polar surface area (TPSA) is 130 Å².